The third kappa shape index (κ3) is 3.55. The molecule has 3 N–H and O–H groups in total. The number of benzene rings is 1. The first-order chi connectivity index (χ1) is 8.97. The predicted octanol–water partition coefficient (Wildman–Crippen LogP) is 0.951. The Balaban J connectivity index is 2.04. The molecule has 19 heavy (non-hydrogen) atoms. The van der Waals surface area contributed by atoms with Gasteiger partial charge in [-0.3, -0.25) is 4.68 Å². The first-order valence-corrected chi connectivity index (χ1v) is 7.36. The highest BCUT2D eigenvalue weighted by molar-refractivity contribution is 7.89. The van der Waals surface area contributed by atoms with E-state index in [9.17, 15) is 8.42 Å². The molecular weight excluding hydrogens is 264 g/mol. The lowest BCUT2D eigenvalue weighted by atomic mass is 10.3. The monoisotopic (exact) mass is 280 g/mol. The standard InChI is InChI=1S/C12H16N4O2S/c1-10-8-15-16(9-10)7-6-14-11-4-2-3-5-12(11)19(13,17)18/h2-5,8-9,14H,6-7H2,1H3,(H2,13,17,18). The predicted molar refractivity (Wildman–Crippen MR) is 73.3 cm³/mol. The molecule has 0 saturated heterocycles. The van der Waals surface area contributed by atoms with Crippen LogP contribution in [0, 0.1) is 6.92 Å². The largest absolute Gasteiger partial charge is 0.382 e. The lowest BCUT2D eigenvalue weighted by Gasteiger charge is -2.10. The summed E-state index contributed by atoms with van der Waals surface area (Å²) in [4.78, 5) is 0.103. The van der Waals surface area contributed by atoms with Crippen LogP contribution in [-0.4, -0.2) is 24.7 Å². The van der Waals surface area contributed by atoms with Crippen LogP contribution in [0.3, 0.4) is 0 Å². The van der Waals surface area contributed by atoms with Gasteiger partial charge < -0.3 is 5.32 Å². The Bertz CT molecular complexity index is 664. The van der Waals surface area contributed by atoms with Gasteiger partial charge in [-0.25, -0.2) is 13.6 Å². The molecule has 1 heterocycles. The molecule has 0 saturated carbocycles. The van der Waals surface area contributed by atoms with E-state index in [1.807, 2.05) is 13.1 Å². The van der Waals surface area contributed by atoms with E-state index in [4.69, 9.17) is 5.14 Å². The van der Waals surface area contributed by atoms with Crippen molar-refractivity contribution in [3.63, 3.8) is 0 Å². The van der Waals surface area contributed by atoms with Crippen molar-refractivity contribution in [1.82, 2.24) is 9.78 Å². The van der Waals surface area contributed by atoms with Crippen LogP contribution in [0.1, 0.15) is 5.56 Å². The molecule has 0 amide bonds. The van der Waals surface area contributed by atoms with Crippen LogP contribution in [0.5, 0.6) is 0 Å². The van der Waals surface area contributed by atoms with E-state index < -0.39 is 10.0 Å². The summed E-state index contributed by atoms with van der Waals surface area (Å²) in [6, 6.07) is 6.57. The molecule has 0 radical (unpaired) electrons. The maximum absolute atomic E-state index is 11.4. The number of aromatic nitrogens is 2. The normalized spacial score (nSPS) is 11.5. The Morgan fingerprint density at radius 1 is 1.37 bits per heavy atom. The quantitative estimate of drug-likeness (QED) is 0.853. The van der Waals surface area contributed by atoms with Gasteiger partial charge in [0, 0.05) is 12.7 Å². The van der Waals surface area contributed by atoms with Crippen molar-refractivity contribution >= 4 is 15.7 Å². The van der Waals surface area contributed by atoms with Crippen molar-refractivity contribution in [3.05, 3.63) is 42.2 Å². The zero-order valence-electron chi connectivity index (χ0n) is 10.6. The fourth-order valence-electron chi connectivity index (χ4n) is 1.76. The molecule has 1 aromatic carbocycles. The third-order valence-corrected chi connectivity index (χ3v) is 3.58. The van der Waals surface area contributed by atoms with E-state index in [0.717, 1.165) is 5.56 Å². The smallest absolute Gasteiger partial charge is 0.240 e. The minimum atomic E-state index is -3.71. The molecule has 0 aliphatic carbocycles. The number of hydrogen-bond donors (Lipinski definition) is 2. The maximum atomic E-state index is 11.4. The van der Waals surface area contributed by atoms with E-state index in [0.29, 0.717) is 18.8 Å². The van der Waals surface area contributed by atoms with Crippen molar-refractivity contribution in [3.8, 4) is 0 Å². The summed E-state index contributed by atoms with van der Waals surface area (Å²) in [7, 11) is -3.71. The molecule has 1 aromatic heterocycles. The van der Waals surface area contributed by atoms with Gasteiger partial charge in [-0.15, -0.1) is 0 Å². The topological polar surface area (TPSA) is 90.0 Å². The number of rotatable bonds is 5. The summed E-state index contributed by atoms with van der Waals surface area (Å²) < 4.78 is 24.6. The minimum Gasteiger partial charge on any atom is -0.382 e. The number of para-hydroxylation sites is 1. The molecule has 0 aliphatic rings. The molecule has 0 aliphatic heterocycles. The summed E-state index contributed by atoms with van der Waals surface area (Å²) in [5.41, 5.74) is 1.60. The number of sulfonamides is 1. The Labute approximate surface area is 112 Å². The number of anilines is 1. The van der Waals surface area contributed by atoms with Crippen molar-refractivity contribution in [2.24, 2.45) is 5.14 Å². The molecular formula is C12H16N4O2S. The molecule has 0 spiro atoms. The van der Waals surface area contributed by atoms with Crippen LogP contribution in [0.4, 0.5) is 5.69 Å². The van der Waals surface area contributed by atoms with Crippen LogP contribution in [-0.2, 0) is 16.6 Å². The Hall–Kier alpha value is -1.86. The van der Waals surface area contributed by atoms with Crippen molar-refractivity contribution < 1.29 is 8.42 Å². The molecule has 2 rings (SSSR count). The van der Waals surface area contributed by atoms with Gasteiger partial charge in [0.05, 0.1) is 18.4 Å². The van der Waals surface area contributed by atoms with E-state index in [-0.39, 0.29) is 4.90 Å². The van der Waals surface area contributed by atoms with E-state index >= 15 is 0 Å². The van der Waals surface area contributed by atoms with Gasteiger partial charge in [-0.2, -0.15) is 5.10 Å². The number of nitrogens with two attached hydrogens (primary N) is 1. The summed E-state index contributed by atoms with van der Waals surface area (Å²) in [5.74, 6) is 0. The SMILES string of the molecule is Cc1cnn(CCNc2ccccc2S(N)(=O)=O)c1. The molecule has 7 heteroatoms. The average molecular weight is 280 g/mol. The summed E-state index contributed by atoms with van der Waals surface area (Å²) in [5, 5.41) is 12.4. The van der Waals surface area contributed by atoms with E-state index in [1.165, 1.54) is 6.07 Å². The average Bonchev–Trinajstić information content (AvgIpc) is 2.74. The third-order valence-electron chi connectivity index (χ3n) is 2.61. The summed E-state index contributed by atoms with van der Waals surface area (Å²) in [6.45, 7) is 3.17. The van der Waals surface area contributed by atoms with Crippen LogP contribution in [0.15, 0.2) is 41.6 Å². The Morgan fingerprint density at radius 2 is 2.11 bits per heavy atom. The van der Waals surface area contributed by atoms with Gasteiger partial charge in [0.15, 0.2) is 0 Å². The van der Waals surface area contributed by atoms with Gasteiger partial charge in [0.1, 0.15) is 4.90 Å². The highest BCUT2D eigenvalue weighted by Crippen LogP contribution is 2.18. The van der Waals surface area contributed by atoms with Crippen molar-refractivity contribution in [2.45, 2.75) is 18.4 Å². The summed E-state index contributed by atoms with van der Waals surface area (Å²) >= 11 is 0. The molecule has 0 atom stereocenters. The molecule has 2 aromatic rings. The Kier molecular flexibility index (Phi) is 3.87. The number of hydrogen-bond acceptors (Lipinski definition) is 4. The molecule has 6 nitrogen and oxygen atoms in total. The molecule has 0 bridgehead atoms. The first-order valence-electron chi connectivity index (χ1n) is 5.81. The lowest BCUT2D eigenvalue weighted by molar-refractivity contribution is 0.597. The van der Waals surface area contributed by atoms with Crippen molar-refractivity contribution in [2.75, 3.05) is 11.9 Å². The van der Waals surface area contributed by atoms with Gasteiger partial charge in [-0.05, 0) is 24.6 Å². The number of aryl methyl sites for hydroxylation is 1. The second kappa shape index (κ2) is 5.41. The molecule has 0 unspecified atom stereocenters. The van der Waals surface area contributed by atoms with E-state index in [2.05, 4.69) is 10.4 Å². The maximum Gasteiger partial charge on any atom is 0.240 e. The Morgan fingerprint density at radius 3 is 2.74 bits per heavy atom. The fraction of sp³-hybridized carbons (Fsp3) is 0.250. The van der Waals surface area contributed by atoms with Gasteiger partial charge in [0.25, 0.3) is 0 Å². The first kappa shape index (κ1) is 13.6. The van der Waals surface area contributed by atoms with Gasteiger partial charge >= 0.3 is 0 Å². The van der Waals surface area contributed by atoms with Gasteiger partial charge in [0.2, 0.25) is 10.0 Å². The zero-order chi connectivity index (χ0) is 13.9. The second-order valence-corrected chi connectivity index (χ2v) is 5.78. The zero-order valence-corrected chi connectivity index (χ0v) is 11.4. The van der Waals surface area contributed by atoms with Crippen molar-refractivity contribution in [1.29, 1.82) is 0 Å². The van der Waals surface area contributed by atoms with Crippen LogP contribution >= 0.6 is 0 Å². The summed E-state index contributed by atoms with van der Waals surface area (Å²) in [6.07, 6.45) is 3.70. The van der Waals surface area contributed by atoms with Crippen LogP contribution in [0.25, 0.3) is 0 Å². The van der Waals surface area contributed by atoms with Crippen LogP contribution in [0.2, 0.25) is 0 Å². The minimum absolute atomic E-state index is 0.103. The van der Waals surface area contributed by atoms with Gasteiger partial charge in [-0.1, -0.05) is 12.1 Å². The highest BCUT2D eigenvalue weighted by Gasteiger charge is 2.12. The number of nitrogens with zero attached hydrogens (tertiary/aromatic N) is 2. The number of primary sulfonamides is 1. The molecule has 102 valence electrons. The van der Waals surface area contributed by atoms with E-state index in [1.54, 1.807) is 29.1 Å². The highest BCUT2D eigenvalue weighted by atomic mass is 32.2. The van der Waals surface area contributed by atoms with Crippen LogP contribution < -0.4 is 10.5 Å². The number of nitrogens with one attached hydrogen (secondary N) is 1. The fourth-order valence-corrected chi connectivity index (χ4v) is 2.47. The second-order valence-electron chi connectivity index (χ2n) is 4.25. The molecule has 0 fully saturated rings. The lowest BCUT2D eigenvalue weighted by Crippen LogP contribution is -2.17.